The molecule has 1 aromatic carbocycles. The van der Waals surface area contributed by atoms with Gasteiger partial charge in [-0.1, -0.05) is 35.5 Å². The maximum atomic E-state index is 10.2. The number of carboxylic acids is 1. The van der Waals surface area contributed by atoms with Crippen LogP contribution >= 0.6 is 0 Å². The summed E-state index contributed by atoms with van der Waals surface area (Å²) in [6.45, 7) is 0. The maximum absolute atomic E-state index is 10.2. The van der Waals surface area contributed by atoms with Crippen LogP contribution in [0.2, 0.25) is 0 Å². The summed E-state index contributed by atoms with van der Waals surface area (Å²) >= 11 is 0. The quantitative estimate of drug-likeness (QED) is 0.329. The molecule has 0 atom stereocenters. The number of carbonyl (C=O) groups is 1. The van der Waals surface area contributed by atoms with Gasteiger partial charge >= 0.3 is 5.97 Å². The van der Waals surface area contributed by atoms with Crippen LogP contribution < -0.4 is 0 Å². The molecule has 72 valence electrons. The molecule has 0 saturated heterocycles. The first-order valence-corrected chi connectivity index (χ1v) is 3.92. The van der Waals surface area contributed by atoms with Gasteiger partial charge in [0.25, 0.3) is 0 Å². The van der Waals surface area contributed by atoms with E-state index in [2.05, 4.69) is 5.16 Å². The van der Waals surface area contributed by atoms with Crippen molar-refractivity contribution >= 4 is 11.7 Å². The Morgan fingerprint density at radius 3 is 2.36 bits per heavy atom. The fourth-order valence-corrected chi connectivity index (χ4v) is 0.946. The zero-order valence-corrected chi connectivity index (χ0v) is 7.29. The minimum Gasteiger partial charge on any atom is -0.478 e. The zero-order chi connectivity index (χ0) is 10.4. The molecule has 0 spiro atoms. The maximum Gasteiger partial charge on any atom is 0.328 e. The summed E-state index contributed by atoms with van der Waals surface area (Å²) in [6, 6.07) is 8.81. The number of hydrogen-bond acceptors (Lipinski definition) is 3. The molecule has 0 aliphatic carbocycles. The number of aliphatic carboxylic acids is 1. The smallest absolute Gasteiger partial charge is 0.328 e. The number of hydrogen-bond donors (Lipinski definition) is 2. The van der Waals surface area contributed by atoms with E-state index in [0.717, 1.165) is 6.08 Å². The van der Waals surface area contributed by atoms with E-state index >= 15 is 0 Å². The van der Waals surface area contributed by atoms with E-state index in [1.807, 2.05) is 6.07 Å². The van der Waals surface area contributed by atoms with Crippen LogP contribution in [0.1, 0.15) is 5.56 Å². The Balaban J connectivity index is 2.90. The van der Waals surface area contributed by atoms with Crippen molar-refractivity contribution in [3.05, 3.63) is 48.0 Å². The van der Waals surface area contributed by atoms with Crippen LogP contribution in [0.4, 0.5) is 0 Å². The van der Waals surface area contributed by atoms with Crippen molar-refractivity contribution in [1.29, 1.82) is 0 Å². The molecule has 0 saturated carbocycles. The van der Waals surface area contributed by atoms with E-state index in [0.29, 0.717) is 5.56 Å². The van der Waals surface area contributed by atoms with Crippen molar-refractivity contribution in [3.8, 4) is 0 Å². The Morgan fingerprint density at radius 2 is 1.86 bits per heavy atom. The average Bonchev–Trinajstić information content (AvgIpc) is 2.20. The molecule has 0 aliphatic heterocycles. The van der Waals surface area contributed by atoms with Crippen LogP contribution in [0.15, 0.2) is 47.6 Å². The van der Waals surface area contributed by atoms with Gasteiger partial charge in [-0.15, -0.1) is 0 Å². The van der Waals surface area contributed by atoms with E-state index in [9.17, 15) is 4.79 Å². The molecule has 0 radical (unpaired) electrons. The number of benzene rings is 1. The lowest BCUT2D eigenvalue weighted by Gasteiger charge is -1.96. The lowest BCUT2D eigenvalue weighted by Crippen LogP contribution is -1.98. The van der Waals surface area contributed by atoms with E-state index in [-0.39, 0.29) is 5.71 Å². The number of nitrogens with zero attached hydrogens (tertiary/aromatic N) is 1. The predicted octanol–water partition coefficient (Wildman–Crippen LogP) is 1.51. The van der Waals surface area contributed by atoms with E-state index in [4.69, 9.17) is 10.3 Å². The molecule has 4 nitrogen and oxygen atoms in total. The standard InChI is InChI=1S/C10H9NO3/c12-10(13)7-6-9(11-14)8-4-2-1-3-5-8/h1-7,14H,(H,12,13)/b7-6+,11-9-. The first-order chi connectivity index (χ1) is 6.74. The Bertz CT molecular complexity index is 368. The van der Waals surface area contributed by atoms with Crippen molar-refractivity contribution in [1.82, 2.24) is 0 Å². The van der Waals surface area contributed by atoms with Crippen LogP contribution in [-0.2, 0) is 4.79 Å². The fraction of sp³-hybridized carbons (Fsp3) is 0. The van der Waals surface area contributed by atoms with Crippen LogP contribution in [0, 0.1) is 0 Å². The molecule has 0 unspecified atom stereocenters. The zero-order valence-electron chi connectivity index (χ0n) is 7.29. The van der Waals surface area contributed by atoms with Crippen molar-refractivity contribution in [2.75, 3.05) is 0 Å². The molecule has 1 aromatic rings. The topological polar surface area (TPSA) is 69.9 Å². The molecule has 0 aromatic heterocycles. The first-order valence-electron chi connectivity index (χ1n) is 3.92. The highest BCUT2D eigenvalue weighted by molar-refractivity contribution is 6.10. The van der Waals surface area contributed by atoms with Gasteiger partial charge in [0.05, 0.1) is 0 Å². The normalized spacial score (nSPS) is 11.9. The predicted molar refractivity (Wildman–Crippen MR) is 51.5 cm³/mol. The highest BCUT2D eigenvalue weighted by Crippen LogP contribution is 2.01. The molecular formula is C10H9NO3. The largest absolute Gasteiger partial charge is 0.478 e. The molecular weight excluding hydrogens is 182 g/mol. The molecule has 1 rings (SSSR count). The van der Waals surface area contributed by atoms with Crippen molar-refractivity contribution in [2.24, 2.45) is 5.16 Å². The Hall–Kier alpha value is -2.10. The number of rotatable bonds is 3. The van der Waals surface area contributed by atoms with Crippen LogP contribution in [0.3, 0.4) is 0 Å². The summed E-state index contributed by atoms with van der Waals surface area (Å²) in [5, 5.41) is 20.0. The third-order valence-electron chi connectivity index (χ3n) is 1.56. The molecule has 2 N–H and O–H groups in total. The number of oxime groups is 1. The van der Waals surface area contributed by atoms with Gasteiger partial charge in [0, 0.05) is 11.6 Å². The summed E-state index contributed by atoms with van der Waals surface area (Å²) in [5.41, 5.74) is 0.875. The molecule has 0 bridgehead atoms. The van der Waals surface area contributed by atoms with Gasteiger partial charge in [-0.2, -0.15) is 0 Å². The summed E-state index contributed by atoms with van der Waals surface area (Å²) < 4.78 is 0. The second-order valence-corrected chi connectivity index (χ2v) is 2.52. The van der Waals surface area contributed by atoms with Crippen LogP contribution in [0.25, 0.3) is 0 Å². The SMILES string of the molecule is O=C(O)/C=C/C(=N/O)c1ccccc1. The summed E-state index contributed by atoms with van der Waals surface area (Å²) in [5.74, 6) is -1.08. The van der Waals surface area contributed by atoms with Gasteiger partial charge in [0.1, 0.15) is 5.71 Å². The molecule has 4 heteroatoms. The number of carboxylic acid groups (broad SMARTS) is 1. The summed E-state index contributed by atoms with van der Waals surface area (Å²) in [4.78, 5) is 10.2. The monoisotopic (exact) mass is 191 g/mol. The van der Waals surface area contributed by atoms with Crippen LogP contribution in [0.5, 0.6) is 0 Å². The average molecular weight is 191 g/mol. The third-order valence-corrected chi connectivity index (χ3v) is 1.56. The first kappa shape index (κ1) is 9.98. The lowest BCUT2D eigenvalue weighted by molar-refractivity contribution is -0.131. The Kier molecular flexibility index (Phi) is 3.43. The number of allylic oxidation sites excluding steroid dienone is 1. The molecule has 0 amide bonds. The third kappa shape index (κ3) is 2.75. The van der Waals surface area contributed by atoms with Gasteiger partial charge in [0.15, 0.2) is 0 Å². The molecule has 0 aliphatic rings. The van der Waals surface area contributed by atoms with Gasteiger partial charge < -0.3 is 10.3 Å². The minimum absolute atomic E-state index is 0.216. The second kappa shape index (κ2) is 4.81. The van der Waals surface area contributed by atoms with Gasteiger partial charge in [0.2, 0.25) is 0 Å². The van der Waals surface area contributed by atoms with Crippen LogP contribution in [-0.4, -0.2) is 22.0 Å². The van der Waals surface area contributed by atoms with E-state index in [1.54, 1.807) is 24.3 Å². The highest BCUT2D eigenvalue weighted by atomic mass is 16.4. The van der Waals surface area contributed by atoms with Crippen molar-refractivity contribution in [2.45, 2.75) is 0 Å². The molecule has 0 fully saturated rings. The van der Waals surface area contributed by atoms with Crippen molar-refractivity contribution in [3.63, 3.8) is 0 Å². The van der Waals surface area contributed by atoms with E-state index in [1.165, 1.54) is 6.08 Å². The Labute approximate surface area is 80.8 Å². The van der Waals surface area contributed by atoms with E-state index < -0.39 is 5.97 Å². The highest BCUT2D eigenvalue weighted by Gasteiger charge is 1.99. The Morgan fingerprint density at radius 1 is 1.21 bits per heavy atom. The molecule has 0 heterocycles. The van der Waals surface area contributed by atoms with Crippen molar-refractivity contribution < 1.29 is 15.1 Å². The minimum atomic E-state index is -1.08. The van der Waals surface area contributed by atoms with Gasteiger partial charge in [-0.05, 0) is 6.08 Å². The van der Waals surface area contributed by atoms with Gasteiger partial charge in [-0.25, -0.2) is 4.79 Å². The summed E-state index contributed by atoms with van der Waals surface area (Å²) in [7, 11) is 0. The summed E-state index contributed by atoms with van der Waals surface area (Å²) in [6.07, 6.45) is 2.15. The molecule has 14 heavy (non-hydrogen) atoms. The lowest BCUT2D eigenvalue weighted by atomic mass is 10.1. The fourth-order valence-electron chi connectivity index (χ4n) is 0.946. The second-order valence-electron chi connectivity index (χ2n) is 2.52. The van der Waals surface area contributed by atoms with Gasteiger partial charge in [-0.3, -0.25) is 0 Å².